The van der Waals surface area contributed by atoms with E-state index < -0.39 is 0 Å². The lowest BCUT2D eigenvalue weighted by Gasteiger charge is -2.10. The zero-order chi connectivity index (χ0) is 18.5. The first-order valence-corrected chi connectivity index (χ1v) is 8.38. The Morgan fingerprint density at radius 2 is 1.92 bits per heavy atom. The molecule has 0 radical (unpaired) electrons. The van der Waals surface area contributed by atoms with Gasteiger partial charge in [-0.15, -0.1) is 0 Å². The Kier molecular flexibility index (Phi) is 5.26. The molecule has 2 aromatic heterocycles. The second-order valence-electron chi connectivity index (χ2n) is 6.22. The summed E-state index contributed by atoms with van der Waals surface area (Å²) >= 11 is 0. The van der Waals surface area contributed by atoms with Gasteiger partial charge in [-0.25, -0.2) is 9.67 Å². The predicted octanol–water partition coefficient (Wildman–Crippen LogP) is 1.69. The molecule has 0 fully saturated rings. The van der Waals surface area contributed by atoms with Crippen LogP contribution in [0.2, 0.25) is 0 Å². The van der Waals surface area contributed by atoms with E-state index >= 15 is 0 Å². The first-order chi connectivity index (χ1) is 12.5. The molecule has 0 bridgehead atoms. The molecule has 2 amide bonds. The van der Waals surface area contributed by atoms with E-state index in [1.54, 1.807) is 26.4 Å². The minimum atomic E-state index is -0.248. The predicted molar refractivity (Wildman–Crippen MR) is 98.7 cm³/mol. The first kappa shape index (κ1) is 17.6. The third kappa shape index (κ3) is 4.05. The summed E-state index contributed by atoms with van der Waals surface area (Å²) in [5.41, 5.74) is 2.31. The lowest BCUT2D eigenvalue weighted by Crippen LogP contribution is -2.30. The number of nitrogens with zero attached hydrogens (tertiary/aromatic N) is 4. The largest absolute Gasteiger partial charge is 0.351 e. The molecule has 0 aliphatic carbocycles. The molecule has 3 rings (SSSR count). The third-order valence-corrected chi connectivity index (χ3v) is 4.04. The zero-order valence-electron chi connectivity index (χ0n) is 14.8. The molecule has 0 saturated carbocycles. The van der Waals surface area contributed by atoms with Crippen molar-refractivity contribution in [2.75, 3.05) is 20.6 Å². The molecule has 0 atom stereocenters. The highest BCUT2D eigenvalue weighted by atomic mass is 16.2. The number of hydrogen-bond donors (Lipinski definition) is 1. The first-order valence-electron chi connectivity index (χ1n) is 8.38. The Hall–Kier alpha value is -3.22. The van der Waals surface area contributed by atoms with Gasteiger partial charge >= 0.3 is 0 Å². The molecule has 0 spiro atoms. The van der Waals surface area contributed by atoms with Gasteiger partial charge in [0.15, 0.2) is 5.65 Å². The lowest BCUT2D eigenvalue weighted by molar-refractivity contribution is -0.128. The molecule has 3 aromatic rings. The van der Waals surface area contributed by atoms with Crippen LogP contribution in [0.15, 0.2) is 48.8 Å². The van der Waals surface area contributed by atoms with Crippen molar-refractivity contribution in [3.63, 3.8) is 0 Å². The number of benzene rings is 1. The molecule has 2 heterocycles. The van der Waals surface area contributed by atoms with Crippen molar-refractivity contribution in [3.05, 3.63) is 59.9 Å². The van der Waals surface area contributed by atoms with Crippen molar-refractivity contribution < 1.29 is 9.59 Å². The number of carbonyl (C=O) groups excluding carboxylic acids is 2. The minimum absolute atomic E-state index is 0.0268. The van der Waals surface area contributed by atoms with E-state index in [9.17, 15) is 9.59 Å². The smallest absolute Gasteiger partial charge is 0.252 e. The summed E-state index contributed by atoms with van der Waals surface area (Å²) in [6, 6.07) is 11.8. The monoisotopic (exact) mass is 351 g/mol. The molecule has 0 saturated heterocycles. The van der Waals surface area contributed by atoms with Crippen molar-refractivity contribution in [1.82, 2.24) is 25.0 Å². The summed E-state index contributed by atoms with van der Waals surface area (Å²) in [6.45, 7) is 0.913. The van der Waals surface area contributed by atoms with Crippen LogP contribution in [0.4, 0.5) is 0 Å². The van der Waals surface area contributed by atoms with Gasteiger partial charge in [-0.1, -0.05) is 30.3 Å². The number of nitrogens with one attached hydrogen (secondary N) is 1. The molecule has 7 heteroatoms. The standard InChI is InChI=1S/C19H21N5O2/c1-23(2)17(25)8-9-20-19(26)16-10-15-12-22-24(18(15)21-11-16)13-14-6-4-3-5-7-14/h3-7,10-12H,8-9,13H2,1-2H3,(H,20,26). The van der Waals surface area contributed by atoms with Crippen LogP contribution >= 0.6 is 0 Å². The summed E-state index contributed by atoms with van der Waals surface area (Å²) in [6.07, 6.45) is 3.51. The highest BCUT2D eigenvalue weighted by Gasteiger charge is 2.11. The molecular formula is C19H21N5O2. The summed E-state index contributed by atoms with van der Waals surface area (Å²) < 4.78 is 1.81. The third-order valence-electron chi connectivity index (χ3n) is 4.04. The molecular weight excluding hydrogens is 330 g/mol. The van der Waals surface area contributed by atoms with Crippen LogP contribution < -0.4 is 5.32 Å². The average molecular weight is 351 g/mol. The van der Waals surface area contributed by atoms with E-state index in [0.717, 1.165) is 16.6 Å². The van der Waals surface area contributed by atoms with E-state index in [4.69, 9.17) is 0 Å². The van der Waals surface area contributed by atoms with Gasteiger partial charge in [0.25, 0.3) is 5.91 Å². The Morgan fingerprint density at radius 1 is 1.15 bits per heavy atom. The zero-order valence-corrected chi connectivity index (χ0v) is 14.8. The number of rotatable bonds is 6. The molecule has 0 aliphatic rings. The number of aromatic nitrogens is 3. The summed E-state index contributed by atoms with van der Waals surface area (Å²) in [7, 11) is 3.38. The Bertz CT molecular complexity index is 918. The molecule has 26 heavy (non-hydrogen) atoms. The molecule has 0 aliphatic heterocycles. The maximum atomic E-state index is 12.2. The van der Waals surface area contributed by atoms with Crippen molar-refractivity contribution in [2.45, 2.75) is 13.0 Å². The highest BCUT2D eigenvalue weighted by molar-refractivity contribution is 5.97. The van der Waals surface area contributed by atoms with Crippen LogP contribution in [0.1, 0.15) is 22.3 Å². The van der Waals surface area contributed by atoms with Gasteiger partial charge in [0.2, 0.25) is 5.91 Å². The van der Waals surface area contributed by atoms with Gasteiger partial charge < -0.3 is 10.2 Å². The maximum Gasteiger partial charge on any atom is 0.252 e. The van der Waals surface area contributed by atoms with Gasteiger partial charge in [-0.3, -0.25) is 9.59 Å². The Labute approximate surface area is 151 Å². The van der Waals surface area contributed by atoms with Crippen molar-refractivity contribution in [1.29, 1.82) is 0 Å². The second-order valence-corrected chi connectivity index (χ2v) is 6.22. The van der Waals surface area contributed by atoms with Gasteiger partial charge in [-0.05, 0) is 11.6 Å². The fourth-order valence-corrected chi connectivity index (χ4v) is 2.58. The fraction of sp³-hybridized carbons (Fsp3) is 0.263. The second kappa shape index (κ2) is 7.77. The van der Waals surface area contributed by atoms with Crippen LogP contribution in [0.3, 0.4) is 0 Å². The van der Waals surface area contributed by atoms with Crippen LogP contribution in [0, 0.1) is 0 Å². The molecule has 134 valence electrons. The number of pyridine rings is 1. The van der Waals surface area contributed by atoms with Gasteiger partial charge in [0, 0.05) is 38.6 Å². The summed E-state index contributed by atoms with van der Waals surface area (Å²) in [5, 5.41) is 7.91. The van der Waals surface area contributed by atoms with E-state index in [-0.39, 0.29) is 18.2 Å². The molecule has 1 N–H and O–H groups in total. The Balaban J connectivity index is 1.68. The van der Waals surface area contributed by atoms with E-state index in [1.807, 2.05) is 35.0 Å². The summed E-state index contributed by atoms with van der Waals surface area (Å²) in [5.74, 6) is -0.275. The SMILES string of the molecule is CN(C)C(=O)CCNC(=O)c1cnc2c(cnn2Cc2ccccc2)c1. The normalized spacial score (nSPS) is 10.7. The van der Waals surface area contributed by atoms with Crippen LogP contribution in [0.25, 0.3) is 11.0 Å². The maximum absolute atomic E-state index is 12.2. The lowest BCUT2D eigenvalue weighted by atomic mass is 10.2. The number of hydrogen-bond acceptors (Lipinski definition) is 4. The topological polar surface area (TPSA) is 80.1 Å². The van der Waals surface area contributed by atoms with Gasteiger partial charge in [0.1, 0.15) is 0 Å². The molecule has 1 aromatic carbocycles. The van der Waals surface area contributed by atoms with E-state index in [0.29, 0.717) is 18.7 Å². The number of amides is 2. The number of carbonyl (C=O) groups is 2. The van der Waals surface area contributed by atoms with Gasteiger partial charge in [0.05, 0.1) is 18.3 Å². The highest BCUT2D eigenvalue weighted by Crippen LogP contribution is 2.14. The fourth-order valence-electron chi connectivity index (χ4n) is 2.58. The molecule has 0 unspecified atom stereocenters. The number of fused-ring (bicyclic) bond motifs is 1. The average Bonchev–Trinajstić information content (AvgIpc) is 3.04. The van der Waals surface area contributed by atoms with Crippen LogP contribution in [-0.4, -0.2) is 52.1 Å². The van der Waals surface area contributed by atoms with E-state index in [2.05, 4.69) is 15.4 Å². The Morgan fingerprint density at radius 3 is 2.65 bits per heavy atom. The van der Waals surface area contributed by atoms with Crippen molar-refractivity contribution in [2.24, 2.45) is 0 Å². The van der Waals surface area contributed by atoms with Crippen molar-refractivity contribution >= 4 is 22.8 Å². The van der Waals surface area contributed by atoms with Crippen molar-refractivity contribution in [3.8, 4) is 0 Å². The van der Waals surface area contributed by atoms with Crippen LogP contribution in [0.5, 0.6) is 0 Å². The summed E-state index contributed by atoms with van der Waals surface area (Å²) in [4.78, 5) is 29.7. The van der Waals surface area contributed by atoms with Crippen LogP contribution in [-0.2, 0) is 11.3 Å². The van der Waals surface area contributed by atoms with Gasteiger partial charge in [-0.2, -0.15) is 5.10 Å². The quantitative estimate of drug-likeness (QED) is 0.733. The van der Waals surface area contributed by atoms with E-state index in [1.165, 1.54) is 11.1 Å². The minimum Gasteiger partial charge on any atom is -0.351 e. The molecule has 7 nitrogen and oxygen atoms in total.